The molecule has 22 heteroatoms. The first-order valence-corrected chi connectivity index (χ1v) is 12.1. The molecule has 4 nitrogen and oxygen atoms in total. The molecule has 0 atom stereocenters. The third-order valence-electron chi connectivity index (χ3n) is 5.30. The van der Waals surface area contributed by atoms with Gasteiger partial charge in [0.1, 0.15) is 0 Å². The van der Waals surface area contributed by atoms with E-state index in [1.165, 1.54) is 43.4 Å². The normalized spacial score (nSPS) is 15.6. The minimum atomic E-state index is -8.92. The Morgan fingerprint density at radius 1 is 0.500 bits per heavy atom. The summed E-state index contributed by atoms with van der Waals surface area (Å²) < 4.78 is 245. The van der Waals surface area contributed by atoms with E-state index in [1.807, 2.05) is 0 Å². The van der Waals surface area contributed by atoms with Crippen molar-refractivity contribution in [3.05, 3.63) is 0 Å². The van der Waals surface area contributed by atoms with Crippen molar-refractivity contribution < 1.29 is 92.1 Å². The molecule has 0 heterocycles. The van der Waals surface area contributed by atoms with Crippen LogP contribution >= 0.6 is 0 Å². The molecule has 0 fully saturated rings. The number of quaternary nitrogens is 1. The lowest BCUT2D eigenvalue weighted by Crippen LogP contribution is -2.75. The molecule has 40 heavy (non-hydrogen) atoms. The third-order valence-corrected chi connectivity index (χ3v) is 6.18. The summed E-state index contributed by atoms with van der Waals surface area (Å²) in [5, 5.41) is -7.95. The van der Waals surface area contributed by atoms with Crippen molar-refractivity contribution >= 4 is 10.1 Å². The van der Waals surface area contributed by atoms with Crippen molar-refractivity contribution in [3.63, 3.8) is 0 Å². The van der Waals surface area contributed by atoms with E-state index < -0.39 is 57.1 Å². The van der Waals surface area contributed by atoms with Crippen molar-refractivity contribution in [3.8, 4) is 0 Å². The summed E-state index contributed by atoms with van der Waals surface area (Å²) in [6, 6.07) is 0. The topological polar surface area (TPSA) is 57.2 Å². The van der Waals surface area contributed by atoms with Gasteiger partial charge in [-0.15, -0.1) is 0 Å². The van der Waals surface area contributed by atoms with Crippen LogP contribution in [-0.2, 0) is 10.1 Å². The van der Waals surface area contributed by atoms with Crippen LogP contribution in [0, 0.1) is 0 Å². The fraction of sp³-hybridized carbons (Fsp3) is 1.00. The Kier molecular flexibility index (Phi) is 12.4. The Labute approximate surface area is 216 Å². The number of rotatable bonds is 13. The van der Waals surface area contributed by atoms with Gasteiger partial charge < -0.3 is 9.04 Å². The molecule has 0 N–H and O–H groups in total. The van der Waals surface area contributed by atoms with Gasteiger partial charge in [-0.1, -0.05) is 20.8 Å². The van der Waals surface area contributed by atoms with Crippen molar-refractivity contribution in [2.24, 2.45) is 0 Å². The predicted molar refractivity (Wildman–Crippen MR) is 102 cm³/mol. The molecule has 0 aromatic rings. The molecule has 0 radical (unpaired) electrons. The zero-order valence-electron chi connectivity index (χ0n) is 20.7. The quantitative estimate of drug-likeness (QED) is 0.120. The number of nitrogens with zero attached hydrogens (tertiary/aromatic N) is 1. The van der Waals surface area contributed by atoms with Gasteiger partial charge in [-0.2, -0.15) is 74.6 Å². The molecular formula is C18H24F17NO3S. The lowest BCUT2D eigenvalue weighted by molar-refractivity contribution is -0.909. The maximum absolute atomic E-state index is 13.0. The Hall–Kier alpha value is -1.32. The summed E-state index contributed by atoms with van der Waals surface area (Å²) in [5.74, 6) is -52.1. The van der Waals surface area contributed by atoms with Gasteiger partial charge in [-0.3, -0.25) is 0 Å². The Morgan fingerprint density at radius 3 is 0.925 bits per heavy atom. The highest BCUT2D eigenvalue weighted by Crippen LogP contribution is 2.64. The molecule has 0 saturated carbocycles. The molecule has 0 aliphatic carbocycles. The van der Waals surface area contributed by atoms with E-state index in [0.29, 0.717) is 0 Å². The van der Waals surface area contributed by atoms with E-state index in [1.54, 1.807) is 0 Å². The molecule has 0 spiro atoms. The number of alkyl halides is 17. The molecule has 244 valence electrons. The SMILES string of the molecule is CCC[N+](C)(CCC)CCC.O=S(=O)([O-])C(F)(F)C(F)(F)C(F)(F)C(F)(F)C(F)(F)C(F)(F)C(F)(F)C(F)(F)F. The smallest absolute Gasteiger partial charge is 0.460 e. The highest BCUT2D eigenvalue weighted by molar-refractivity contribution is 7.86. The zero-order valence-corrected chi connectivity index (χ0v) is 21.6. The van der Waals surface area contributed by atoms with Gasteiger partial charge in [0.25, 0.3) is 0 Å². The predicted octanol–water partition coefficient (Wildman–Crippen LogP) is 7.16. The van der Waals surface area contributed by atoms with Gasteiger partial charge in [0, 0.05) is 0 Å². The van der Waals surface area contributed by atoms with Crippen LogP contribution in [0.1, 0.15) is 40.0 Å². The first-order valence-electron chi connectivity index (χ1n) is 10.7. The van der Waals surface area contributed by atoms with Crippen molar-refractivity contribution in [1.29, 1.82) is 0 Å². The van der Waals surface area contributed by atoms with Crippen LogP contribution in [-0.4, -0.2) is 91.1 Å². The van der Waals surface area contributed by atoms with Crippen LogP contribution in [0.2, 0.25) is 0 Å². The molecule has 0 aliphatic heterocycles. The second-order valence-electron chi connectivity index (χ2n) is 8.71. The highest BCUT2D eigenvalue weighted by Gasteiger charge is 2.95. The second-order valence-corrected chi connectivity index (χ2v) is 10.1. The molecule has 0 aliphatic rings. The van der Waals surface area contributed by atoms with E-state index in [4.69, 9.17) is 0 Å². The van der Waals surface area contributed by atoms with Crippen molar-refractivity contribution in [1.82, 2.24) is 0 Å². The zero-order chi connectivity index (χ0) is 33.2. The summed E-state index contributed by atoms with van der Waals surface area (Å²) >= 11 is 0. The number of hydrogen-bond acceptors (Lipinski definition) is 3. The van der Waals surface area contributed by atoms with Gasteiger partial charge in [0.15, 0.2) is 10.1 Å². The second kappa shape index (κ2) is 12.1. The van der Waals surface area contributed by atoms with E-state index in [0.717, 1.165) is 0 Å². The monoisotopic (exact) mass is 657 g/mol. The van der Waals surface area contributed by atoms with Crippen LogP contribution < -0.4 is 0 Å². The molecule has 0 aromatic carbocycles. The van der Waals surface area contributed by atoms with Gasteiger partial charge in [0.05, 0.1) is 26.7 Å². The van der Waals surface area contributed by atoms with Crippen LogP contribution in [0.15, 0.2) is 0 Å². The molecule has 0 aromatic heterocycles. The van der Waals surface area contributed by atoms with Crippen LogP contribution in [0.5, 0.6) is 0 Å². The van der Waals surface area contributed by atoms with E-state index in [-0.39, 0.29) is 0 Å². The number of hydrogen-bond donors (Lipinski definition) is 0. The van der Waals surface area contributed by atoms with Crippen LogP contribution in [0.25, 0.3) is 0 Å². The number of halogens is 17. The lowest BCUT2D eigenvalue weighted by atomic mass is 9.91. The largest absolute Gasteiger partial charge is 0.743 e. The first-order chi connectivity index (χ1) is 17.2. The van der Waals surface area contributed by atoms with Crippen LogP contribution in [0.4, 0.5) is 74.6 Å². The van der Waals surface area contributed by atoms with Gasteiger partial charge in [0.2, 0.25) is 0 Å². The summed E-state index contributed by atoms with van der Waals surface area (Å²) in [6.45, 7) is 10.9. The standard InChI is InChI=1S/C10H24N.C8HF17O3S/c1-5-8-11(4,9-6-2)10-7-3;9-1(10,3(13,14)5(17,18)7(21,22)23)2(11,12)4(15,16)6(19,20)8(24,25)29(26,27)28/h5-10H2,1-4H3;(H,26,27,28)/q+1;/p-1. The first kappa shape index (κ1) is 40.8. The maximum Gasteiger partial charge on any atom is 0.460 e. The molecule has 0 unspecified atom stereocenters. The summed E-state index contributed by atoms with van der Waals surface area (Å²) in [4.78, 5) is 0. The summed E-state index contributed by atoms with van der Waals surface area (Å²) in [7, 11) is -5.76. The summed E-state index contributed by atoms with van der Waals surface area (Å²) in [6.07, 6.45) is -3.94. The van der Waals surface area contributed by atoms with Crippen LogP contribution in [0.3, 0.4) is 0 Å². The van der Waals surface area contributed by atoms with E-state index in [2.05, 4.69) is 27.8 Å². The maximum atomic E-state index is 13.0. The fourth-order valence-electron chi connectivity index (χ4n) is 3.26. The van der Waals surface area contributed by atoms with E-state index >= 15 is 0 Å². The van der Waals surface area contributed by atoms with Gasteiger partial charge in [-0.05, 0) is 19.3 Å². The van der Waals surface area contributed by atoms with Gasteiger partial charge in [-0.25, -0.2) is 8.42 Å². The molecule has 0 rings (SSSR count). The van der Waals surface area contributed by atoms with Gasteiger partial charge >= 0.3 is 47.0 Å². The van der Waals surface area contributed by atoms with Crippen molar-refractivity contribution in [2.75, 3.05) is 26.7 Å². The molecule has 0 saturated heterocycles. The lowest BCUT2D eigenvalue weighted by Gasteiger charge is -2.42. The highest BCUT2D eigenvalue weighted by atomic mass is 32.2. The third kappa shape index (κ3) is 6.83. The average Bonchev–Trinajstić information content (AvgIpc) is 2.72. The van der Waals surface area contributed by atoms with Crippen molar-refractivity contribution in [2.45, 2.75) is 87.0 Å². The Balaban J connectivity index is 0. The van der Waals surface area contributed by atoms with E-state index in [9.17, 15) is 87.6 Å². The Bertz CT molecular complexity index is 915. The molecular weight excluding hydrogens is 633 g/mol. The minimum Gasteiger partial charge on any atom is -0.743 e. The Morgan fingerprint density at radius 2 is 0.725 bits per heavy atom. The summed E-state index contributed by atoms with van der Waals surface area (Å²) in [5.41, 5.74) is 0. The molecule has 0 bridgehead atoms. The fourth-order valence-corrected chi connectivity index (χ4v) is 3.70. The minimum absolute atomic E-state index is 1.28. The molecule has 0 amide bonds. The average molecular weight is 657 g/mol.